The van der Waals surface area contributed by atoms with Crippen LogP contribution in [0.25, 0.3) is 33.2 Å². The van der Waals surface area contributed by atoms with Gasteiger partial charge in [-0.15, -0.1) is 0 Å². The molecule has 0 aliphatic carbocycles. The normalized spacial score (nSPS) is 14.5. The molecule has 1 amide bonds. The number of phenols is 1. The van der Waals surface area contributed by atoms with Crippen LogP contribution in [0.1, 0.15) is 15.9 Å². The van der Waals surface area contributed by atoms with Crippen LogP contribution < -0.4 is 10.6 Å². The Labute approximate surface area is 173 Å². The molecule has 30 heavy (non-hydrogen) atoms. The molecule has 7 nitrogen and oxygen atoms in total. The molecule has 0 atom stereocenters. The number of aromatic amines is 1. The number of amides is 1. The van der Waals surface area contributed by atoms with E-state index in [0.29, 0.717) is 35.5 Å². The molecule has 0 saturated carbocycles. The number of aromatic hydroxyl groups is 1. The van der Waals surface area contributed by atoms with Crippen LogP contribution >= 0.6 is 0 Å². The lowest BCUT2D eigenvalue weighted by Crippen LogP contribution is -2.36. The minimum Gasteiger partial charge on any atom is -0.508 e. The van der Waals surface area contributed by atoms with Crippen LogP contribution in [0.15, 0.2) is 42.5 Å². The highest BCUT2D eigenvalue weighted by molar-refractivity contribution is 6.14. The molecule has 1 aliphatic rings. The second-order valence-corrected chi connectivity index (χ2v) is 7.60. The van der Waals surface area contributed by atoms with Crippen LogP contribution in [0.4, 0.5) is 5.69 Å². The second kappa shape index (κ2) is 7.03. The molecule has 7 heteroatoms. The predicted molar refractivity (Wildman–Crippen MR) is 117 cm³/mol. The summed E-state index contributed by atoms with van der Waals surface area (Å²) in [6.45, 7) is 4.95. The number of anilines is 1. The summed E-state index contributed by atoms with van der Waals surface area (Å²) in [5, 5.41) is 10.8. The molecular weight excluding hydrogens is 380 g/mol. The molecule has 1 fully saturated rings. The van der Waals surface area contributed by atoms with Crippen molar-refractivity contribution in [3.63, 3.8) is 0 Å². The van der Waals surface area contributed by atoms with Crippen molar-refractivity contribution in [2.45, 2.75) is 6.92 Å². The number of aromatic nitrogens is 2. The van der Waals surface area contributed by atoms with Crippen LogP contribution in [0.3, 0.4) is 0 Å². The number of rotatable bonds is 3. The van der Waals surface area contributed by atoms with Gasteiger partial charge < -0.3 is 25.5 Å². The molecule has 1 saturated heterocycles. The van der Waals surface area contributed by atoms with Crippen molar-refractivity contribution in [2.75, 3.05) is 31.2 Å². The SMILES string of the molecule is Cc1cc(-c2cc(C(N)=O)c3[nH]c4cc(N5CCOCC5)ccc4c3n2)ccc1O. The minimum atomic E-state index is -0.515. The van der Waals surface area contributed by atoms with E-state index < -0.39 is 5.91 Å². The lowest BCUT2D eigenvalue weighted by molar-refractivity contribution is 0.100. The number of hydrogen-bond acceptors (Lipinski definition) is 5. The fourth-order valence-electron chi connectivity index (χ4n) is 4.02. The molecule has 3 heterocycles. The highest BCUT2D eigenvalue weighted by atomic mass is 16.5. The van der Waals surface area contributed by atoms with Crippen molar-refractivity contribution in [1.29, 1.82) is 0 Å². The number of benzene rings is 2. The first-order valence-corrected chi connectivity index (χ1v) is 9.90. The maximum Gasteiger partial charge on any atom is 0.250 e. The Hall–Kier alpha value is -3.58. The van der Waals surface area contributed by atoms with E-state index in [0.717, 1.165) is 40.8 Å². The Balaban J connectivity index is 1.70. The Morgan fingerprint density at radius 1 is 1.17 bits per heavy atom. The zero-order chi connectivity index (χ0) is 20.8. The van der Waals surface area contributed by atoms with Crippen LogP contribution in [-0.4, -0.2) is 47.3 Å². The standard InChI is InChI=1S/C23H22N4O3/c1-13-10-14(2-5-20(13)28)18-12-17(23(24)29)22-21(25-18)16-4-3-15(11-19(16)26-22)27-6-8-30-9-7-27/h2-5,10-12,26,28H,6-9H2,1H3,(H2,24,29). The van der Waals surface area contributed by atoms with E-state index in [-0.39, 0.29) is 5.75 Å². The second-order valence-electron chi connectivity index (χ2n) is 7.60. The maximum atomic E-state index is 12.2. The molecule has 2 aromatic carbocycles. The summed E-state index contributed by atoms with van der Waals surface area (Å²) in [7, 11) is 0. The fraction of sp³-hybridized carbons (Fsp3) is 0.217. The van der Waals surface area contributed by atoms with Crippen molar-refractivity contribution in [1.82, 2.24) is 9.97 Å². The van der Waals surface area contributed by atoms with Crippen molar-refractivity contribution < 1.29 is 14.6 Å². The molecule has 4 aromatic rings. The number of primary amides is 1. The van der Waals surface area contributed by atoms with Crippen LogP contribution in [0.5, 0.6) is 5.75 Å². The number of morpholine rings is 1. The van der Waals surface area contributed by atoms with Gasteiger partial charge in [0.15, 0.2) is 0 Å². The van der Waals surface area contributed by atoms with Crippen LogP contribution in [0, 0.1) is 6.92 Å². The van der Waals surface area contributed by atoms with Crippen LogP contribution in [0.2, 0.25) is 0 Å². The topological polar surface area (TPSA) is 104 Å². The Morgan fingerprint density at radius 3 is 2.70 bits per heavy atom. The first-order chi connectivity index (χ1) is 14.5. The number of hydrogen-bond donors (Lipinski definition) is 3. The summed E-state index contributed by atoms with van der Waals surface area (Å²) >= 11 is 0. The molecule has 4 N–H and O–H groups in total. The third-order valence-electron chi connectivity index (χ3n) is 5.67. The number of carbonyl (C=O) groups excluding carboxylic acids is 1. The molecule has 5 rings (SSSR count). The van der Waals surface area contributed by atoms with E-state index in [1.807, 2.05) is 19.1 Å². The number of nitrogens with one attached hydrogen (secondary N) is 1. The number of carbonyl (C=O) groups is 1. The largest absolute Gasteiger partial charge is 0.508 e. The first-order valence-electron chi connectivity index (χ1n) is 9.90. The van der Waals surface area contributed by atoms with Gasteiger partial charge in [0.05, 0.1) is 41.0 Å². The predicted octanol–water partition coefficient (Wildman–Crippen LogP) is 3.33. The number of fused-ring (bicyclic) bond motifs is 3. The monoisotopic (exact) mass is 402 g/mol. The van der Waals surface area contributed by atoms with Gasteiger partial charge in [-0.05, 0) is 55.0 Å². The molecule has 0 unspecified atom stereocenters. The molecule has 152 valence electrons. The minimum absolute atomic E-state index is 0.220. The highest BCUT2D eigenvalue weighted by Gasteiger charge is 2.18. The zero-order valence-electron chi connectivity index (χ0n) is 16.6. The van der Waals surface area contributed by atoms with Gasteiger partial charge in [0.1, 0.15) is 5.75 Å². The summed E-state index contributed by atoms with van der Waals surface area (Å²) in [5.41, 5.74) is 11.6. The summed E-state index contributed by atoms with van der Waals surface area (Å²) in [5.74, 6) is -0.295. The molecule has 1 aliphatic heterocycles. The number of ether oxygens (including phenoxy) is 1. The van der Waals surface area contributed by atoms with Crippen LogP contribution in [-0.2, 0) is 4.74 Å². The number of aryl methyl sites for hydroxylation is 1. The quantitative estimate of drug-likeness (QED) is 0.488. The van der Waals surface area contributed by atoms with E-state index >= 15 is 0 Å². The third kappa shape index (κ3) is 3.04. The van der Waals surface area contributed by atoms with Gasteiger partial charge in [0.25, 0.3) is 5.91 Å². The van der Waals surface area contributed by atoms with Gasteiger partial charge >= 0.3 is 0 Å². The number of pyridine rings is 1. The number of H-pyrrole nitrogens is 1. The number of phenolic OH excluding ortho intramolecular Hbond substituents is 1. The van der Waals surface area contributed by atoms with Gasteiger partial charge in [-0.1, -0.05) is 0 Å². The number of nitrogens with zero attached hydrogens (tertiary/aromatic N) is 2. The van der Waals surface area contributed by atoms with E-state index in [2.05, 4.69) is 22.0 Å². The molecular formula is C23H22N4O3. The van der Waals surface area contributed by atoms with Gasteiger partial charge in [-0.3, -0.25) is 4.79 Å². The maximum absolute atomic E-state index is 12.2. The third-order valence-corrected chi connectivity index (χ3v) is 5.67. The fourth-order valence-corrected chi connectivity index (χ4v) is 4.02. The molecule has 0 bridgehead atoms. The van der Waals surface area contributed by atoms with Gasteiger partial charge in [0, 0.05) is 29.7 Å². The van der Waals surface area contributed by atoms with E-state index in [4.69, 9.17) is 15.5 Å². The molecule has 0 spiro atoms. The van der Waals surface area contributed by atoms with Gasteiger partial charge in [-0.2, -0.15) is 0 Å². The van der Waals surface area contributed by atoms with E-state index in [9.17, 15) is 9.90 Å². The summed E-state index contributed by atoms with van der Waals surface area (Å²) in [4.78, 5) is 22.7. The van der Waals surface area contributed by atoms with Crippen molar-refractivity contribution >= 4 is 33.5 Å². The van der Waals surface area contributed by atoms with Gasteiger partial charge in [-0.25, -0.2) is 4.98 Å². The Kier molecular flexibility index (Phi) is 4.33. The lowest BCUT2D eigenvalue weighted by Gasteiger charge is -2.28. The first kappa shape index (κ1) is 18.4. The summed E-state index contributed by atoms with van der Waals surface area (Å²) in [6, 6.07) is 13.1. The number of nitrogens with two attached hydrogens (primary N) is 1. The van der Waals surface area contributed by atoms with Gasteiger partial charge in [0.2, 0.25) is 0 Å². The van der Waals surface area contributed by atoms with E-state index in [1.165, 1.54) is 0 Å². The zero-order valence-corrected chi connectivity index (χ0v) is 16.6. The van der Waals surface area contributed by atoms with Crippen molar-refractivity contribution in [3.05, 3.63) is 53.6 Å². The molecule has 0 radical (unpaired) electrons. The average molecular weight is 402 g/mol. The lowest BCUT2D eigenvalue weighted by atomic mass is 10.0. The smallest absolute Gasteiger partial charge is 0.250 e. The Bertz CT molecular complexity index is 1290. The Morgan fingerprint density at radius 2 is 1.97 bits per heavy atom. The van der Waals surface area contributed by atoms with E-state index in [1.54, 1.807) is 18.2 Å². The van der Waals surface area contributed by atoms with Crippen molar-refractivity contribution in [3.8, 4) is 17.0 Å². The highest BCUT2D eigenvalue weighted by Crippen LogP contribution is 2.33. The average Bonchev–Trinajstić information content (AvgIpc) is 3.13. The summed E-state index contributed by atoms with van der Waals surface area (Å²) in [6.07, 6.45) is 0. The molecule has 2 aromatic heterocycles. The van der Waals surface area contributed by atoms with Crippen molar-refractivity contribution in [2.24, 2.45) is 5.73 Å². The summed E-state index contributed by atoms with van der Waals surface area (Å²) < 4.78 is 5.44.